The van der Waals surface area contributed by atoms with Gasteiger partial charge in [-0.15, -0.1) is 0 Å². The number of benzene rings is 13. The summed E-state index contributed by atoms with van der Waals surface area (Å²) in [5.74, 6) is 3.56. The molecule has 13 aromatic rings. The zero-order chi connectivity index (χ0) is 51.1. The Balaban J connectivity index is 0.963. The van der Waals surface area contributed by atoms with Gasteiger partial charge in [-0.2, -0.15) is 0 Å². The molecule has 2 spiro atoms. The van der Waals surface area contributed by atoms with Crippen molar-refractivity contribution in [1.29, 1.82) is 0 Å². The molecule has 13 aromatic carbocycles. The van der Waals surface area contributed by atoms with Crippen molar-refractivity contribution >= 4 is 21.5 Å². The highest BCUT2D eigenvalue weighted by Crippen LogP contribution is 2.66. The van der Waals surface area contributed by atoms with Gasteiger partial charge in [-0.25, -0.2) is 0 Å². The summed E-state index contributed by atoms with van der Waals surface area (Å²) in [6, 6.07) is 103. The molecule has 0 saturated carbocycles. The Morgan fingerprint density at radius 3 is 0.962 bits per heavy atom. The molecule has 2 nitrogen and oxygen atoms in total. The van der Waals surface area contributed by atoms with Crippen molar-refractivity contribution in [2.75, 3.05) is 0 Å². The number of hydrogen-bond donors (Lipinski definition) is 0. The molecule has 0 radical (unpaired) electrons. The molecular weight excluding hydrogens is 945 g/mol. The van der Waals surface area contributed by atoms with Crippen LogP contribution in [0.25, 0.3) is 88.3 Å². The van der Waals surface area contributed by atoms with E-state index in [9.17, 15) is 0 Å². The minimum Gasteiger partial charge on any atom is -0.457 e. The third kappa shape index (κ3) is 5.65. The Morgan fingerprint density at radius 1 is 0.192 bits per heavy atom. The Morgan fingerprint density at radius 2 is 0.513 bits per heavy atom. The second-order valence-corrected chi connectivity index (χ2v) is 21.2. The molecule has 362 valence electrons. The summed E-state index contributed by atoms with van der Waals surface area (Å²) in [6.07, 6.45) is 0. The molecule has 0 N–H and O–H groups in total. The van der Waals surface area contributed by atoms with Crippen LogP contribution in [0.15, 0.2) is 279 Å². The van der Waals surface area contributed by atoms with E-state index in [0.717, 1.165) is 45.3 Å². The molecule has 0 unspecified atom stereocenters. The molecule has 78 heavy (non-hydrogen) atoms. The van der Waals surface area contributed by atoms with Crippen LogP contribution < -0.4 is 9.47 Å². The molecule has 2 heteroatoms. The maximum atomic E-state index is 6.75. The van der Waals surface area contributed by atoms with Crippen molar-refractivity contribution < 1.29 is 9.47 Å². The summed E-state index contributed by atoms with van der Waals surface area (Å²) < 4.78 is 13.5. The number of rotatable bonds is 4. The monoisotopic (exact) mass is 990 g/mol. The van der Waals surface area contributed by atoms with E-state index in [4.69, 9.17) is 9.47 Å². The normalized spacial score (nSPS) is 14.1. The second kappa shape index (κ2) is 16.2. The maximum absolute atomic E-state index is 6.75. The predicted octanol–water partition coefficient (Wildman–Crippen LogP) is 19.6. The Labute approximate surface area is 452 Å². The van der Waals surface area contributed by atoms with Crippen LogP contribution in [0.2, 0.25) is 0 Å². The summed E-state index contributed by atoms with van der Waals surface area (Å²) in [5.41, 5.74) is 23.1. The lowest BCUT2D eigenvalue weighted by Crippen LogP contribution is -2.32. The fraction of sp³-hybridized carbons (Fsp3) is 0.0263. The van der Waals surface area contributed by atoms with Gasteiger partial charge in [0, 0.05) is 22.3 Å². The fourth-order valence-corrected chi connectivity index (χ4v) is 14.7. The first-order chi connectivity index (χ1) is 38.7. The average Bonchev–Trinajstić information content (AvgIpc) is 4.20. The number of hydrogen-bond acceptors (Lipinski definition) is 2. The number of ether oxygens (including phenoxy) is 2. The third-order valence-corrected chi connectivity index (χ3v) is 17.6. The van der Waals surface area contributed by atoms with Crippen LogP contribution in [0, 0.1) is 0 Å². The summed E-state index contributed by atoms with van der Waals surface area (Å²) in [4.78, 5) is 0. The molecule has 0 aromatic heterocycles. The van der Waals surface area contributed by atoms with E-state index in [1.165, 1.54) is 111 Å². The summed E-state index contributed by atoms with van der Waals surface area (Å²) in [7, 11) is 0. The van der Waals surface area contributed by atoms with Gasteiger partial charge in [0.25, 0.3) is 0 Å². The maximum Gasteiger partial charge on any atom is 0.132 e. The molecule has 4 aliphatic rings. The Kier molecular flexibility index (Phi) is 9.01. The highest BCUT2D eigenvalue weighted by molar-refractivity contribution is 6.20. The van der Waals surface area contributed by atoms with Crippen molar-refractivity contribution in [3.63, 3.8) is 0 Å². The first-order valence-corrected chi connectivity index (χ1v) is 27.1. The molecule has 2 aliphatic heterocycles. The summed E-state index contributed by atoms with van der Waals surface area (Å²) >= 11 is 0. The lowest BCUT2D eigenvalue weighted by Gasteiger charge is -2.39. The quantitative estimate of drug-likeness (QED) is 0.164. The van der Waals surface area contributed by atoms with Crippen LogP contribution in [-0.4, -0.2) is 0 Å². The predicted molar refractivity (Wildman–Crippen MR) is 318 cm³/mol. The van der Waals surface area contributed by atoms with Crippen LogP contribution in [0.5, 0.6) is 23.0 Å². The third-order valence-electron chi connectivity index (χ3n) is 17.6. The van der Waals surface area contributed by atoms with Gasteiger partial charge in [0.2, 0.25) is 0 Å². The summed E-state index contributed by atoms with van der Waals surface area (Å²) in [6.45, 7) is 0. The second-order valence-electron chi connectivity index (χ2n) is 21.2. The Hall–Kier alpha value is -10.0. The first-order valence-electron chi connectivity index (χ1n) is 27.1. The van der Waals surface area contributed by atoms with Crippen LogP contribution in [0.3, 0.4) is 0 Å². The standard InChI is InChI=1S/C76H46O2/c1-2-20-47(21-3-1)48-42-44-49(45-43-48)72-54-26-16-24-50(52-28-18-36-66-73(52)56-22-4-6-30-60(56)75(66)62-32-8-12-38-68(62)77-69-39-13-9-33-63(69)75)58(54)46-59-51(25-17-27-55(59)72)53-29-19-37-67-74(53)57-23-5-7-31-61(57)76(67)64-34-10-14-40-70(64)78-71-41-15-11-35-65(71)76/h1-46H. The minimum absolute atomic E-state index is 0.587. The van der Waals surface area contributed by atoms with Gasteiger partial charge in [-0.05, 0) is 141 Å². The fourth-order valence-electron chi connectivity index (χ4n) is 14.7. The summed E-state index contributed by atoms with van der Waals surface area (Å²) in [5, 5.41) is 4.83. The molecular formula is C76H46O2. The van der Waals surface area contributed by atoms with Crippen molar-refractivity contribution in [2.24, 2.45) is 0 Å². The topological polar surface area (TPSA) is 18.5 Å². The molecule has 0 amide bonds. The van der Waals surface area contributed by atoms with Crippen LogP contribution in [0.1, 0.15) is 44.5 Å². The number of para-hydroxylation sites is 4. The van der Waals surface area contributed by atoms with E-state index in [2.05, 4.69) is 279 Å². The SMILES string of the molecule is c1ccc(-c2ccc(-c3c4cccc(-c5cccc6c5-c5ccccc5C65c6ccccc6Oc6ccccc65)c4cc4c(-c5cccc6c5-c5ccccc5C65c6ccccc6Oc6ccccc65)cccc34)cc2)cc1. The van der Waals surface area contributed by atoms with Gasteiger partial charge in [0.1, 0.15) is 23.0 Å². The van der Waals surface area contributed by atoms with Gasteiger partial charge in [0.05, 0.1) is 10.8 Å². The molecule has 0 fully saturated rings. The molecule has 17 rings (SSSR count). The van der Waals surface area contributed by atoms with Crippen molar-refractivity contribution in [3.05, 3.63) is 324 Å². The molecule has 2 aliphatic carbocycles. The first kappa shape index (κ1) is 43.2. The van der Waals surface area contributed by atoms with Crippen molar-refractivity contribution in [2.45, 2.75) is 10.8 Å². The largest absolute Gasteiger partial charge is 0.457 e. The molecule has 0 saturated heterocycles. The lowest BCUT2D eigenvalue weighted by atomic mass is 9.66. The average molecular weight is 991 g/mol. The number of fused-ring (bicyclic) bond motifs is 20. The zero-order valence-electron chi connectivity index (χ0n) is 42.4. The highest BCUT2D eigenvalue weighted by Gasteiger charge is 2.53. The van der Waals surface area contributed by atoms with E-state index in [1.807, 2.05) is 0 Å². The van der Waals surface area contributed by atoms with E-state index < -0.39 is 10.8 Å². The van der Waals surface area contributed by atoms with E-state index in [1.54, 1.807) is 0 Å². The van der Waals surface area contributed by atoms with Gasteiger partial charge >= 0.3 is 0 Å². The van der Waals surface area contributed by atoms with Crippen LogP contribution in [0.4, 0.5) is 0 Å². The van der Waals surface area contributed by atoms with Gasteiger partial charge < -0.3 is 9.47 Å². The van der Waals surface area contributed by atoms with E-state index in [0.29, 0.717) is 0 Å². The molecule has 0 bridgehead atoms. The highest BCUT2D eigenvalue weighted by atomic mass is 16.5. The van der Waals surface area contributed by atoms with Gasteiger partial charge in [-0.3, -0.25) is 0 Å². The lowest BCUT2D eigenvalue weighted by molar-refractivity contribution is 0.436. The zero-order valence-corrected chi connectivity index (χ0v) is 42.4. The van der Waals surface area contributed by atoms with E-state index in [-0.39, 0.29) is 0 Å². The van der Waals surface area contributed by atoms with Crippen LogP contribution in [-0.2, 0) is 10.8 Å². The van der Waals surface area contributed by atoms with Crippen molar-refractivity contribution in [3.8, 4) is 89.8 Å². The molecule has 2 heterocycles. The minimum atomic E-state index is -0.587. The van der Waals surface area contributed by atoms with Crippen molar-refractivity contribution in [1.82, 2.24) is 0 Å². The van der Waals surface area contributed by atoms with Gasteiger partial charge in [-0.1, -0.05) is 249 Å². The van der Waals surface area contributed by atoms with Gasteiger partial charge in [0.15, 0.2) is 0 Å². The molecule has 0 atom stereocenters. The Bertz CT molecular complexity index is 4330. The van der Waals surface area contributed by atoms with E-state index >= 15 is 0 Å². The van der Waals surface area contributed by atoms with Crippen LogP contribution >= 0.6 is 0 Å². The smallest absolute Gasteiger partial charge is 0.132 e.